The molecule has 4 rings (SSSR count). The van der Waals surface area contributed by atoms with Gasteiger partial charge in [-0.15, -0.1) is 0 Å². The Kier molecular flexibility index (Phi) is 3.64. The van der Waals surface area contributed by atoms with Gasteiger partial charge in [0.2, 0.25) is 0 Å². The van der Waals surface area contributed by atoms with Crippen LogP contribution in [0, 0.1) is 34.5 Å². The summed E-state index contributed by atoms with van der Waals surface area (Å²) in [4.78, 5) is 12.0. The fraction of sp³-hybridized carbons (Fsp3) is 0.762. The molecule has 0 bridgehead atoms. The van der Waals surface area contributed by atoms with E-state index in [4.69, 9.17) is 0 Å². The number of aliphatic hydroxyl groups excluding tert-OH is 2. The van der Waals surface area contributed by atoms with Gasteiger partial charge in [0.1, 0.15) is 0 Å². The van der Waals surface area contributed by atoms with E-state index in [9.17, 15) is 15.0 Å². The molecule has 0 aromatic heterocycles. The Balaban J connectivity index is 1.76. The van der Waals surface area contributed by atoms with Crippen molar-refractivity contribution in [1.29, 1.82) is 0 Å². The molecular formula is C21H30O3. The predicted molar refractivity (Wildman–Crippen MR) is 93.2 cm³/mol. The highest BCUT2D eigenvalue weighted by Gasteiger charge is 2.61. The first kappa shape index (κ1) is 16.5. The van der Waals surface area contributed by atoms with E-state index in [0.717, 1.165) is 32.1 Å². The quantitative estimate of drug-likeness (QED) is 0.776. The number of carbonyl (C=O) groups is 1. The summed E-state index contributed by atoms with van der Waals surface area (Å²) in [7, 11) is 0. The number of hydrogen-bond acceptors (Lipinski definition) is 3. The molecule has 3 saturated carbocycles. The van der Waals surface area contributed by atoms with Crippen molar-refractivity contribution < 1.29 is 15.0 Å². The van der Waals surface area contributed by atoms with Crippen LogP contribution < -0.4 is 0 Å². The van der Waals surface area contributed by atoms with Gasteiger partial charge >= 0.3 is 0 Å². The van der Waals surface area contributed by atoms with Crippen LogP contribution in [0.1, 0.15) is 52.9 Å². The first-order valence-corrected chi connectivity index (χ1v) is 9.55. The summed E-state index contributed by atoms with van der Waals surface area (Å²) < 4.78 is 0. The van der Waals surface area contributed by atoms with Crippen LogP contribution in [0.15, 0.2) is 23.3 Å². The van der Waals surface area contributed by atoms with Gasteiger partial charge in [-0.2, -0.15) is 0 Å². The molecule has 2 N–H and O–H groups in total. The van der Waals surface area contributed by atoms with Gasteiger partial charge in [-0.05, 0) is 80.3 Å². The minimum atomic E-state index is -0.282. The topological polar surface area (TPSA) is 57.5 Å². The van der Waals surface area contributed by atoms with E-state index in [1.807, 2.05) is 12.2 Å². The highest BCUT2D eigenvalue weighted by Crippen LogP contribution is 2.66. The van der Waals surface area contributed by atoms with Gasteiger partial charge in [0.25, 0.3) is 0 Å². The Morgan fingerprint density at radius 1 is 1.25 bits per heavy atom. The van der Waals surface area contributed by atoms with Crippen LogP contribution in [0.2, 0.25) is 0 Å². The van der Waals surface area contributed by atoms with E-state index >= 15 is 0 Å². The molecule has 132 valence electrons. The van der Waals surface area contributed by atoms with Crippen molar-refractivity contribution in [2.24, 2.45) is 34.5 Å². The van der Waals surface area contributed by atoms with Crippen LogP contribution in [0.25, 0.3) is 0 Å². The third kappa shape index (κ3) is 1.94. The standard InChI is InChI=1S/C21H30O3/c1-12-8-15(23)10-14-4-5-16-17(21(12,14)3)6-7-20(2)18(24)9-13(11-22)19(16)20/h8,10,13,16-19,22,24H,4-7,9,11H2,1-3H3/t13-,16-,17+,18+,19+,20-,21+/m1/s1. The third-order valence-corrected chi connectivity index (χ3v) is 8.41. The molecule has 0 spiro atoms. The minimum Gasteiger partial charge on any atom is -0.396 e. The molecule has 4 aliphatic rings. The first-order chi connectivity index (χ1) is 11.3. The number of hydrogen-bond donors (Lipinski definition) is 2. The normalized spacial score (nSPS) is 50.5. The van der Waals surface area contributed by atoms with E-state index in [2.05, 4.69) is 20.8 Å². The summed E-state index contributed by atoms with van der Waals surface area (Å²) in [6.45, 7) is 6.88. The van der Waals surface area contributed by atoms with Crippen LogP contribution in [0.4, 0.5) is 0 Å². The molecule has 0 aromatic carbocycles. The Bertz CT molecular complexity index is 633. The Labute approximate surface area is 144 Å². The molecule has 3 nitrogen and oxygen atoms in total. The monoisotopic (exact) mass is 330 g/mol. The van der Waals surface area contributed by atoms with Crippen molar-refractivity contribution in [2.45, 2.75) is 59.0 Å². The van der Waals surface area contributed by atoms with Crippen LogP contribution >= 0.6 is 0 Å². The lowest BCUT2D eigenvalue weighted by atomic mass is 9.46. The van der Waals surface area contributed by atoms with Crippen molar-refractivity contribution in [1.82, 2.24) is 0 Å². The Morgan fingerprint density at radius 3 is 2.71 bits per heavy atom. The van der Waals surface area contributed by atoms with E-state index < -0.39 is 0 Å². The lowest BCUT2D eigenvalue weighted by molar-refractivity contribution is -0.111. The number of allylic oxidation sites excluding steroid dienone is 4. The highest BCUT2D eigenvalue weighted by molar-refractivity contribution is 6.02. The maximum Gasteiger partial charge on any atom is 0.178 e. The van der Waals surface area contributed by atoms with Gasteiger partial charge in [0.05, 0.1) is 6.10 Å². The van der Waals surface area contributed by atoms with Crippen molar-refractivity contribution in [3.8, 4) is 0 Å². The van der Waals surface area contributed by atoms with E-state index in [-0.39, 0.29) is 35.2 Å². The molecule has 0 aromatic rings. The first-order valence-electron chi connectivity index (χ1n) is 9.55. The average Bonchev–Trinajstić information content (AvgIpc) is 2.80. The summed E-state index contributed by atoms with van der Waals surface area (Å²) in [5, 5.41) is 20.6. The number of fused-ring (bicyclic) bond motifs is 5. The van der Waals surface area contributed by atoms with Crippen LogP contribution in [0.5, 0.6) is 0 Å². The Morgan fingerprint density at radius 2 is 2.00 bits per heavy atom. The molecule has 3 heteroatoms. The average molecular weight is 330 g/mol. The highest BCUT2D eigenvalue weighted by atomic mass is 16.3. The second-order valence-electron chi connectivity index (χ2n) is 9.18. The number of ketones is 1. The minimum absolute atomic E-state index is 0.00823. The van der Waals surface area contributed by atoms with Crippen LogP contribution in [0.3, 0.4) is 0 Å². The summed E-state index contributed by atoms with van der Waals surface area (Å²) in [5.41, 5.74) is 2.47. The predicted octanol–water partition coefficient (Wildman–Crippen LogP) is 3.26. The smallest absolute Gasteiger partial charge is 0.178 e. The van der Waals surface area contributed by atoms with E-state index in [0.29, 0.717) is 17.8 Å². The zero-order valence-corrected chi connectivity index (χ0v) is 15.1. The molecule has 4 aliphatic carbocycles. The molecule has 0 aliphatic heterocycles. The van der Waals surface area contributed by atoms with Gasteiger partial charge in [-0.1, -0.05) is 25.0 Å². The molecule has 0 saturated heterocycles. The summed E-state index contributed by atoms with van der Waals surface area (Å²) in [5.74, 6) is 1.83. The molecule has 7 atom stereocenters. The fourth-order valence-electron chi connectivity index (χ4n) is 7.02. The number of carbonyl (C=O) groups excluding carboxylic acids is 1. The molecule has 3 fully saturated rings. The maximum atomic E-state index is 12.0. The third-order valence-electron chi connectivity index (χ3n) is 8.41. The number of aliphatic hydroxyl groups is 2. The van der Waals surface area contributed by atoms with Crippen LogP contribution in [-0.2, 0) is 4.79 Å². The van der Waals surface area contributed by atoms with Gasteiger partial charge in [0.15, 0.2) is 5.78 Å². The molecule has 0 radical (unpaired) electrons. The second-order valence-corrected chi connectivity index (χ2v) is 9.18. The zero-order chi connectivity index (χ0) is 17.3. The molecule has 0 unspecified atom stereocenters. The van der Waals surface area contributed by atoms with Crippen LogP contribution in [-0.4, -0.2) is 28.7 Å². The molecule has 0 amide bonds. The number of rotatable bonds is 1. The van der Waals surface area contributed by atoms with Crippen molar-refractivity contribution in [3.05, 3.63) is 23.3 Å². The van der Waals surface area contributed by atoms with Crippen molar-refractivity contribution >= 4 is 5.78 Å². The zero-order valence-electron chi connectivity index (χ0n) is 15.1. The van der Waals surface area contributed by atoms with E-state index in [1.54, 1.807) is 0 Å². The van der Waals surface area contributed by atoms with Crippen molar-refractivity contribution in [2.75, 3.05) is 6.61 Å². The Hall–Kier alpha value is -0.930. The molecule has 0 heterocycles. The largest absolute Gasteiger partial charge is 0.396 e. The molecular weight excluding hydrogens is 300 g/mol. The maximum absolute atomic E-state index is 12.0. The van der Waals surface area contributed by atoms with Crippen molar-refractivity contribution in [3.63, 3.8) is 0 Å². The summed E-state index contributed by atoms with van der Waals surface area (Å²) >= 11 is 0. The van der Waals surface area contributed by atoms with Gasteiger partial charge in [0, 0.05) is 12.0 Å². The SMILES string of the molecule is CC1=CC(=O)C=C2CC[C@H]3[C@@H]4[C@@H](CO)C[C@H](O)[C@@]4(C)CC[C@@H]3[C@@]12C. The second kappa shape index (κ2) is 5.28. The van der Waals surface area contributed by atoms with Gasteiger partial charge in [-0.25, -0.2) is 0 Å². The summed E-state index contributed by atoms with van der Waals surface area (Å²) in [6, 6.07) is 0. The molecule has 24 heavy (non-hydrogen) atoms. The lowest BCUT2D eigenvalue weighted by Crippen LogP contribution is -2.52. The van der Waals surface area contributed by atoms with E-state index in [1.165, 1.54) is 11.1 Å². The lowest BCUT2D eigenvalue weighted by Gasteiger charge is -2.58. The summed E-state index contributed by atoms with van der Waals surface area (Å²) in [6.07, 6.45) is 8.38. The fourth-order valence-corrected chi connectivity index (χ4v) is 7.02. The van der Waals surface area contributed by atoms with Gasteiger partial charge in [-0.3, -0.25) is 4.79 Å². The van der Waals surface area contributed by atoms with Gasteiger partial charge < -0.3 is 10.2 Å².